The number of hydrogen-bond acceptors (Lipinski definition) is 8. The fourth-order valence-corrected chi connectivity index (χ4v) is 5.44. The lowest BCUT2D eigenvalue weighted by atomic mass is 10.1. The van der Waals surface area contributed by atoms with E-state index < -0.39 is 38.8 Å². The summed E-state index contributed by atoms with van der Waals surface area (Å²) in [6.45, 7) is 1.05. The molecule has 2 aromatic carbocycles. The Bertz CT molecular complexity index is 1820. The number of imidazole rings is 1. The van der Waals surface area contributed by atoms with Crippen LogP contribution in [0.25, 0.3) is 21.9 Å². The first-order chi connectivity index (χ1) is 18.3. The number of aryl methyl sites for hydroxylation is 1. The molecule has 3 heterocycles. The first-order valence-electron chi connectivity index (χ1n) is 11.9. The minimum absolute atomic E-state index is 0.00381. The molecule has 1 saturated heterocycles. The monoisotopic (exact) mass is 579 g/mol. The second-order valence-electron chi connectivity index (χ2n) is 9.57. The van der Waals surface area contributed by atoms with E-state index in [0.717, 1.165) is 25.0 Å². The van der Waals surface area contributed by atoms with Gasteiger partial charge >= 0.3 is 16.1 Å². The van der Waals surface area contributed by atoms with E-state index in [0.29, 0.717) is 30.9 Å². The molecular weight excluding hydrogens is 556 g/mol. The number of nitrogens with zero attached hydrogens (tertiary/aromatic N) is 4. The second-order valence-corrected chi connectivity index (χ2v) is 11.5. The van der Waals surface area contributed by atoms with E-state index in [1.165, 1.54) is 29.8 Å². The third-order valence-electron chi connectivity index (χ3n) is 6.68. The Balaban J connectivity index is 1.79. The fraction of sp³-hybridized carbons (Fsp3) is 0.320. The van der Waals surface area contributed by atoms with Crippen LogP contribution in [0.2, 0.25) is 5.02 Å². The molecule has 0 unspecified atom stereocenters. The Kier molecular flexibility index (Phi) is 6.85. The molecule has 0 radical (unpaired) electrons. The maximum Gasteiger partial charge on any atom is 0.356 e. The van der Waals surface area contributed by atoms with Gasteiger partial charge in [0.2, 0.25) is 5.95 Å². The van der Waals surface area contributed by atoms with Gasteiger partial charge in [0.25, 0.3) is 5.56 Å². The minimum atomic E-state index is -4.20. The summed E-state index contributed by atoms with van der Waals surface area (Å²) in [6, 6.07) is 5.84. The van der Waals surface area contributed by atoms with Gasteiger partial charge in [0.1, 0.15) is 22.7 Å². The van der Waals surface area contributed by atoms with E-state index in [9.17, 15) is 22.4 Å². The quantitative estimate of drug-likeness (QED) is 0.357. The number of anilines is 1. The number of hydrogen-bond donors (Lipinski definition) is 1. The highest BCUT2D eigenvalue weighted by Gasteiger charge is 2.28. The van der Waals surface area contributed by atoms with Crippen molar-refractivity contribution in [3.05, 3.63) is 68.5 Å². The van der Waals surface area contributed by atoms with Crippen molar-refractivity contribution in [3.63, 3.8) is 0 Å². The Morgan fingerprint density at radius 2 is 2.00 bits per heavy atom. The lowest BCUT2D eigenvalue weighted by molar-refractivity contribution is 0.0744. The molecule has 1 aliphatic heterocycles. The molecule has 0 saturated carbocycles. The third-order valence-corrected chi connectivity index (χ3v) is 7.50. The molecule has 1 fully saturated rings. The molecule has 5 rings (SSSR count). The highest BCUT2D eigenvalue weighted by molar-refractivity contribution is 7.86. The maximum atomic E-state index is 15.2. The van der Waals surface area contributed by atoms with Gasteiger partial charge in [-0.2, -0.15) is 8.42 Å². The molecule has 39 heavy (non-hydrogen) atoms. The maximum absolute atomic E-state index is 15.2. The predicted octanol–water partition coefficient (Wildman–Crippen LogP) is 2.91. The number of nitrogens with two attached hydrogens (primary N) is 1. The average Bonchev–Trinajstić information content (AvgIpc) is 3.23. The summed E-state index contributed by atoms with van der Waals surface area (Å²) in [5.74, 6) is -2.60. The largest absolute Gasteiger partial charge is 0.356 e. The van der Waals surface area contributed by atoms with Crippen LogP contribution in [-0.2, 0) is 27.9 Å². The van der Waals surface area contributed by atoms with Gasteiger partial charge in [-0.05, 0) is 48.7 Å². The van der Waals surface area contributed by atoms with Crippen LogP contribution >= 0.6 is 11.6 Å². The first kappa shape index (κ1) is 27.0. The fourth-order valence-electron chi connectivity index (χ4n) is 4.90. The number of aromatic nitrogens is 3. The molecular formula is C25H24ClF2N5O5S. The molecule has 0 amide bonds. The smallest absolute Gasteiger partial charge is 0.341 e. The molecule has 1 atom stereocenters. The van der Waals surface area contributed by atoms with Gasteiger partial charge in [-0.1, -0.05) is 11.6 Å². The van der Waals surface area contributed by atoms with Crippen LogP contribution in [0.3, 0.4) is 0 Å². The van der Waals surface area contributed by atoms with E-state index in [2.05, 4.69) is 4.18 Å². The van der Waals surface area contributed by atoms with E-state index in [1.807, 2.05) is 4.90 Å². The summed E-state index contributed by atoms with van der Waals surface area (Å²) in [5.41, 5.74) is 5.82. The molecule has 0 spiro atoms. The number of rotatable bonds is 5. The summed E-state index contributed by atoms with van der Waals surface area (Å²) in [4.78, 5) is 32.7. The first-order valence-corrected chi connectivity index (χ1v) is 14.1. The van der Waals surface area contributed by atoms with Gasteiger partial charge in [-0.15, -0.1) is 0 Å². The Morgan fingerprint density at radius 3 is 2.69 bits per heavy atom. The molecule has 0 bridgehead atoms. The molecule has 2 aromatic heterocycles. The molecule has 4 aromatic rings. The molecule has 206 valence electrons. The van der Waals surface area contributed by atoms with Gasteiger partial charge in [0.05, 0.1) is 23.9 Å². The Morgan fingerprint density at radius 1 is 1.26 bits per heavy atom. The zero-order chi connectivity index (χ0) is 28.2. The van der Waals surface area contributed by atoms with Crippen molar-refractivity contribution in [2.75, 3.05) is 24.2 Å². The van der Waals surface area contributed by atoms with Gasteiger partial charge in [0, 0.05) is 36.6 Å². The SMILES string of the molecule is Cn1c(=O)c2c(nc(N3CCC[C@@H](N)C3)n2Cc2cc(F)ccc2Cl)c2cc(F)c(C(=O)OS(C)(=O)=O)cc21. The second kappa shape index (κ2) is 9.88. The lowest BCUT2D eigenvalue weighted by Gasteiger charge is -2.32. The molecule has 10 nitrogen and oxygen atoms in total. The van der Waals surface area contributed by atoms with Gasteiger partial charge in [0.15, 0.2) is 0 Å². The normalized spacial score (nSPS) is 16.3. The van der Waals surface area contributed by atoms with Crippen molar-refractivity contribution in [1.82, 2.24) is 14.1 Å². The van der Waals surface area contributed by atoms with Crippen LogP contribution in [0.15, 0.2) is 35.1 Å². The van der Waals surface area contributed by atoms with Crippen molar-refractivity contribution >= 4 is 55.6 Å². The molecule has 2 N–H and O–H groups in total. The predicted molar refractivity (Wildman–Crippen MR) is 143 cm³/mol. The van der Waals surface area contributed by atoms with Crippen molar-refractivity contribution < 1.29 is 26.2 Å². The standard InChI is InChI=1S/C25H24ClF2N5O5S/c1-31-20-10-16(24(35)38-39(2,36)37)19(28)9-17(20)21-22(23(31)34)33(11-13-8-14(27)5-6-18(13)26)25(30-21)32-7-3-4-15(29)12-32/h5-6,8-10,15H,3-4,7,11-12,29H2,1-2H3/t15-/m1/s1. The Labute approximate surface area is 226 Å². The summed E-state index contributed by atoms with van der Waals surface area (Å²) in [6.07, 6.45) is 2.26. The van der Waals surface area contributed by atoms with Crippen molar-refractivity contribution in [3.8, 4) is 0 Å². The summed E-state index contributed by atoms with van der Waals surface area (Å²) in [7, 11) is -2.78. The van der Waals surface area contributed by atoms with Gasteiger partial charge < -0.3 is 24.0 Å². The van der Waals surface area contributed by atoms with Crippen molar-refractivity contribution in [2.45, 2.75) is 25.4 Å². The minimum Gasteiger partial charge on any atom is -0.341 e. The zero-order valence-corrected chi connectivity index (χ0v) is 22.5. The highest BCUT2D eigenvalue weighted by Crippen LogP contribution is 2.32. The Hall–Kier alpha value is -3.55. The van der Waals surface area contributed by atoms with E-state index in [-0.39, 0.29) is 39.5 Å². The summed E-state index contributed by atoms with van der Waals surface area (Å²) >= 11 is 6.35. The summed E-state index contributed by atoms with van der Waals surface area (Å²) < 4.78 is 59.2. The molecule has 14 heteroatoms. The van der Waals surface area contributed by atoms with Gasteiger partial charge in [-0.25, -0.2) is 18.6 Å². The number of pyridine rings is 1. The van der Waals surface area contributed by atoms with Crippen molar-refractivity contribution in [2.24, 2.45) is 12.8 Å². The molecule has 0 aliphatic carbocycles. The van der Waals surface area contributed by atoms with Crippen molar-refractivity contribution in [1.29, 1.82) is 0 Å². The topological polar surface area (TPSA) is 130 Å². The van der Waals surface area contributed by atoms with Gasteiger partial charge in [-0.3, -0.25) is 4.79 Å². The molecule has 1 aliphatic rings. The lowest BCUT2D eigenvalue weighted by Crippen LogP contribution is -2.44. The third kappa shape index (κ3) is 5.09. The van der Waals surface area contributed by atoms with E-state index in [4.69, 9.17) is 22.3 Å². The van der Waals surface area contributed by atoms with Crippen LogP contribution in [0.4, 0.5) is 14.7 Å². The number of halogens is 3. The van der Waals surface area contributed by atoms with Crippen LogP contribution in [0.1, 0.15) is 28.8 Å². The van der Waals surface area contributed by atoms with Crippen LogP contribution < -0.4 is 16.2 Å². The van der Waals surface area contributed by atoms with E-state index >= 15 is 4.39 Å². The highest BCUT2D eigenvalue weighted by atomic mass is 35.5. The number of fused-ring (bicyclic) bond motifs is 3. The van der Waals surface area contributed by atoms with Crippen LogP contribution in [0, 0.1) is 11.6 Å². The van der Waals surface area contributed by atoms with Crippen LogP contribution in [0.5, 0.6) is 0 Å². The average molecular weight is 580 g/mol. The number of piperidine rings is 1. The zero-order valence-electron chi connectivity index (χ0n) is 20.9. The number of carbonyl (C=O) groups is 1. The summed E-state index contributed by atoms with van der Waals surface area (Å²) in [5, 5.41) is 0.490. The van der Waals surface area contributed by atoms with Crippen LogP contribution in [-0.4, -0.2) is 53.9 Å². The van der Waals surface area contributed by atoms with E-state index in [1.54, 1.807) is 4.57 Å². The number of benzene rings is 2. The number of carbonyl (C=O) groups excluding carboxylic acids is 1.